The molecular formula is C15H30N2. The van der Waals surface area contributed by atoms with Crippen molar-refractivity contribution in [3.8, 4) is 0 Å². The molecule has 1 aliphatic heterocycles. The van der Waals surface area contributed by atoms with E-state index in [0.29, 0.717) is 6.04 Å². The van der Waals surface area contributed by atoms with E-state index in [2.05, 4.69) is 31.4 Å². The van der Waals surface area contributed by atoms with Crippen molar-refractivity contribution in [3.05, 3.63) is 0 Å². The summed E-state index contributed by atoms with van der Waals surface area (Å²) in [6.45, 7) is 8.42. The van der Waals surface area contributed by atoms with Crippen LogP contribution in [0.15, 0.2) is 0 Å². The Morgan fingerprint density at radius 2 is 2.00 bits per heavy atom. The van der Waals surface area contributed by atoms with Crippen LogP contribution < -0.4 is 10.6 Å². The second-order valence-corrected chi connectivity index (χ2v) is 6.56. The predicted octanol–water partition coefficient (Wildman–Crippen LogP) is 2.93. The molecule has 5 unspecified atom stereocenters. The Balaban J connectivity index is 1.69. The highest BCUT2D eigenvalue weighted by Crippen LogP contribution is 2.29. The van der Waals surface area contributed by atoms with Gasteiger partial charge in [0.25, 0.3) is 0 Å². The SMILES string of the molecule is CC(CC1CCCN1)NC1CCC(C)C(C)C1. The van der Waals surface area contributed by atoms with Crippen molar-refractivity contribution >= 4 is 0 Å². The van der Waals surface area contributed by atoms with Gasteiger partial charge in [0.05, 0.1) is 0 Å². The van der Waals surface area contributed by atoms with E-state index in [4.69, 9.17) is 0 Å². The highest BCUT2D eigenvalue weighted by atomic mass is 15.0. The minimum atomic E-state index is 0.677. The molecule has 1 aliphatic carbocycles. The zero-order valence-electron chi connectivity index (χ0n) is 11.8. The molecule has 17 heavy (non-hydrogen) atoms. The molecule has 2 nitrogen and oxygen atoms in total. The lowest BCUT2D eigenvalue weighted by molar-refractivity contribution is 0.213. The molecular weight excluding hydrogens is 208 g/mol. The Bertz CT molecular complexity index is 223. The summed E-state index contributed by atoms with van der Waals surface area (Å²) in [5, 5.41) is 7.46. The van der Waals surface area contributed by atoms with Gasteiger partial charge in [0, 0.05) is 18.1 Å². The smallest absolute Gasteiger partial charge is 0.00822 e. The van der Waals surface area contributed by atoms with Gasteiger partial charge in [-0.15, -0.1) is 0 Å². The van der Waals surface area contributed by atoms with Gasteiger partial charge in [-0.1, -0.05) is 13.8 Å². The molecule has 2 heteroatoms. The van der Waals surface area contributed by atoms with Crippen LogP contribution in [0.1, 0.15) is 59.3 Å². The Kier molecular flexibility index (Phi) is 4.87. The molecule has 2 fully saturated rings. The molecule has 1 heterocycles. The number of rotatable bonds is 4. The van der Waals surface area contributed by atoms with Gasteiger partial charge in [-0.05, 0) is 63.8 Å². The van der Waals surface area contributed by atoms with Crippen LogP contribution in [-0.2, 0) is 0 Å². The first kappa shape index (κ1) is 13.4. The minimum Gasteiger partial charge on any atom is -0.314 e. The van der Waals surface area contributed by atoms with E-state index in [9.17, 15) is 0 Å². The molecule has 0 amide bonds. The lowest BCUT2D eigenvalue weighted by Crippen LogP contribution is -2.43. The summed E-state index contributed by atoms with van der Waals surface area (Å²) in [4.78, 5) is 0. The van der Waals surface area contributed by atoms with Crippen molar-refractivity contribution in [2.24, 2.45) is 11.8 Å². The van der Waals surface area contributed by atoms with Crippen molar-refractivity contribution in [3.63, 3.8) is 0 Å². The summed E-state index contributed by atoms with van der Waals surface area (Å²) < 4.78 is 0. The van der Waals surface area contributed by atoms with Crippen molar-refractivity contribution in [1.29, 1.82) is 0 Å². The second kappa shape index (κ2) is 6.19. The van der Waals surface area contributed by atoms with E-state index in [-0.39, 0.29) is 0 Å². The number of nitrogens with one attached hydrogen (secondary N) is 2. The van der Waals surface area contributed by atoms with Gasteiger partial charge in [-0.25, -0.2) is 0 Å². The predicted molar refractivity (Wildman–Crippen MR) is 74.2 cm³/mol. The zero-order chi connectivity index (χ0) is 12.3. The third-order valence-corrected chi connectivity index (χ3v) is 4.92. The molecule has 0 aromatic carbocycles. The monoisotopic (exact) mass is 238 g/mol. The Hall–Kier alpha value is -0.0800. The maximum Gasteiger partial charge on any atom is 0.00822 e. The molecule has 1 saturated heterocycles. The minimum absolute atomic E-state index is 0.677. The quantitative estimate of drug-likeness (QED) is 0.787. The van der Waals surface area contributed by atoms with Crippen LogP contribution in [0.25, 0.3) is 0 Å². The largest absolute Gasteiger partial charge is 0.314 e. The Labute approximate surface area is 107 Å². The van der Waals surface area contributed by atoms with Crippen molar-refractivity contribution in [2.45, 2.75) is 77.4 Å². The van der Waals surface area contributed by atoms with Crippen LogP contribution in [0.3, 0.4) is 0 Å². The van der Waals surface area contributed by atoms with Crippen LogP contribution in [0, 0.1) is 11.8 Å². The summed E-state index contributed by atoms with van der Waals surface area (Å²) >= 11 is 0. The first-order valence-corrected chi connectivity index (χ1v) is 7.64. The van der Waals surface area contributed by atoms with E-state index in [1.54, 1.807) is 0 Å². The normalized spacial score (nSPS) is 40.4. The first-order valence-electron chi connectivity index (χ1n) is 7.64. The Morgan fingerprint density at radius 1 is 1.18 bits per heavy atom. The fraction of sp³-hybridized carbons (Fsp3) is 1.00. The molecule has 0 aromatic heterocycles. The van der Waals surface area contributed by atoms with E-state index < -0.39 is 0 Å². The van der Waals surface area contributed by atoms with E-state index in [1.807, 2.05) is 0 Å². The summed E-state index contributed by atoms with van der Waals surface area (Å²) in [5.74, 6) is 1.83. The lowest BCUT2D eigenvalue weighted by Gasteiger charge is -2.34. The van der Waals surface area contributed by atoms with Crippen LogP contribution in [0.2, 0.25) is 0 Å². The van der Waals surface area contributed by atoms with Crippen molar-refractivity contribution in [1.82, 2.24) is 10.6 Å². The van der Waals surface area contributed by atoms with Gasteiger partial charge in [-0.3, -0.25) is 0 Å². The third-order valence-electron chi connectivity index (χ3n) is 4.92. The van der Waals surface area contributed by atoms with Crippen LogP contribution in [-0.4, -0.2) is 24.7 Å². The van der Waals surface area contributed by atoms with Gasteiger partial charge in [0.15, 0.2) is 0 Å². The van der Waals surface area contributed by atoms with Crippen LogP contribution >= 0.6 is 0 Å². The van der Waals surface area contributed by atoms with Crippen molar-refractivity contribution in [2.75, 3.05) is 6.54 Å². The fourth-order valence-electron chi connectivity index (χ4n) is 3.55. The van der Waals surface area contributed by atoms with Gasteiger partial charge in [0.1, 0.15) is 0 Å². The molecule has 0 spiro atoms. The Morgan fingerprint density at radius 3 is 2.65 bits per heavy atom. The average Bonchev–Trinajstić information content (AvgIpc) is 2.76. The highest BCUT2D eigenvalue weighted by Gasteiger charge is 2.26. The maximum absolute atomic E-state index is 3.86. The zero-order valence-corrected chi connectivity index (χ0v) is 11.8. The topological polar surface area (TPSA) is 24.1 Å². The van der Waals surface area contributed by atoms with Crippen LogP contribution in [0.5, 0.6) is 0 Å². The second-order valence-electron chi connectivity index (χ2n) is 6.56. The van der Waals surface area contributed by atoms with Gasteiger partial charge < -0.3 is 10.6 Å². The molecule has 5 atom stereocenters. The molecule has 0 radical (unpaired) electrons. The van der Waals surface area contributed by atoms with Crippen molar-refractivity contribution < 1.29 is 0 Å². The summed E-state index contributed by atoms with van der Waals surface area (Å²) in [6, 6.07) is 2.23. The third kappa shape index (κ3) is 3.96. The standard InChI is InChI=1S/C15H30N2/c1-11-6-7-15(9-12(11)2)17-13(3)10-14-5-4-8-16-14/h11-17H,4-10H2,1-3H3. The van der Waals surface area contributed by atoms with Crippen LogP contribution in [0.4, 0.5) is 0 Å². The van der Waals surface area contributed by atoms with E-state index in [0.717, 1.165) is 23.9 Å². The van der Waals surface area contributed by atoms with E-state index >= 15 is 0 Å². The lowest BCUT2D eigenvalue weighted by atomic mass is 9.79. The fourth-order valence-corrected chi connectivity index (χ4v) is 3.55. The van der Waals surface area contributed by atoms with E-state index in [1.165, 1.54) is 45.1 Å². The number of hydrogen-bond acceptors (Lipinski definition) is 2. The van der Waals surface area contributed by atoms with Gasteiger partial charge in [-0.2, -0.15) is 0 Å². The average molecular weight is 238 g/mol. The molecule has 2 aliphatic rings. The summed E-state index contributed by atoms with van der Waals surface area (Å²) in [6.07, 6.45) is 8.23. The molecule has 0 aromatic rings. The highest BCUT2D eigenvalue weighted by molar-refractivity contribution is 4.84. The number of hydrogen-bond donors (Lipinski definition) is 2. The maximum atomic E-state index is 3.86. The van der Waals surface area contributed by atoms with Gasteiger partial charge in [0.2, 0.25) is 0 Å². The molecule has 100 valence electrons. The first-order chi connectivity index (χ1) is 8.15. The van der Waals surface area contributed by atoms with Gasteiger partial charge >= 0.3 is 0 Å². The molecule has 0 bridgehead atoms. The molecule has 1 saturated carbocycles. The summed E-state index contributed by atoms with van der Waals surface area (Å²) in [7, 11) is 0. The molecule has 2 rings (SSSR count). The summed E-state index contributed by atoms with van der Waals surface area (Å²) in [5.41, 5.74) is 0. The molecule has 2 N–H and O–H groups in total.